The van der Waals surface area contributed by atoms with Gasteiger partial charge in [-0.1, -0.05) is 37.3 Å². The van der Waals surface area contributed by atoms with E-state index in [1.165, 1.54) is 5.56 Å². The lowest BCUT2D eigenvalue weighted by Crippen LogP contribution is -2.56. The molecule has 2 aromatic carbocycles. The zero-order chi connectivity index (χ0) is 16.9. The van der Waals surface area contributed by atoms with Gasteiger partial charge in [-0.25, -0.2) is 0 Å². The van der Waals surface area contributed by atoms with Crippen LogP contribution in [0.5, 0.6) is 5.75 Å². The van der Waals surface area contributed by atoms with Crippen LogP contribution in [-0.4, -0.2) is 25.7 Å². The van der Waals surface area contributed by atoms with Gasteiger partial charge in [0, 0.05) is 18.0 Å². The highest BCUT2D eigenvalue weighted by molar-refractivity contribution is 6.00. The number of hydrogen-bond acceptors (Lipinski definition) is 3. The predicted octanol–water partition coefficient (Wildman–Crippen LogP) is 3.65. The van der Waals surface area contributed by atoms with Crippen molar-refractivity contribution in [2.24, 2.45) is 5.92 Å². The highest BCUT2D eigenvalue weighted by Gasteiger charge is 2.40. The number of nitrogens with zero attached hydrogens (tertiary/aromatic N) is 1. The molecule has 24 heavy (non-hydrogen) atoms. The molecule has 0 saturated carbocycles. The van der Waals surface area contributed by atoms with Crippen molar-refractivity contribution in [2.45, 2.75) is 26.0 Å². The summed E-state index contributed by atoms with van der Waals surface area (Å²) >= 11 is 0. The van der Waals surface area contributed by atoms with Gasteiger partial charge in [-0.15, -0.1) is 0 Å². The largest absolute Gasteiger partial charge is 0.497 e. The first kappa shape index (κ1) is 16.5. The lowest BCUT2D eigenvalue weighted by atomic mass is 9.89. The Labute approximate surface area is 143 Å². The number of methoxy groups -OCH3 is 1. The number of rotatable bonds is 7. The smallest absolute Gasteiger partial charge is 0.229 e. The van der Waals surface area contributed by atoms with Crippen LogP contribution in [0, 0.1) is 5.92 Å². The molecule has 0 bridgehead atoms. The van der Waals surface area contributed by atoms with Gasteiger partial charge in [0.2, 0.25) is 5.91 Å². The molecule has 4 nitrogen and oxygen atoms in total. The highest BCUT2D eigenvalue weighted by atomic mass is 16.5. The third kappa shape index (κ3) is 3.60. The fourth-order valence-electron chi connectivity index (χ4n) is 3.02. The number of anilines is 1. The zero-order valence-electron chi connectivity index (χ0n) is 14.1. The Morgan fingerprint density at radius 1 is 1.12 bits per heavy atom. The quantitative estimate of drug-likeness (QED) is 0.729. The normalized spacial score (nSPS) is 18.2. The van der Waals surface area contributed by atoms with Gasteiger partial charge in [0.25, 0.3) is 0 Å². The van der Waals surface area contributed by atoms with Gasteiger partial charge in [-0.3, -0.25) is 4.79 Å². The number of amides is 1. The first-order valence-electron chi connectivity index (χ1n) is 8.27. The molecule has 4 heteroatoms. The molecule has 3 rings (SSSR count). The maximum atomic E-state index is 12.0. The van der Waals surface area contributed by atoms with Gasteiger partial charge >= 0.3 is 0 Å². The molecular weight excluding hydrogens is 302 g/mol. The van der Waals surface area contributed by atoms with Crippen LogP contribution in [0.2, 0.25) is 0 Å². The Morgan fingerprint density at radius 3 is 2.46 bits per heavy atom. The summed E-state index contributed by atoms with van der Waals surface area (Å²) < 4.78 is 11.0. The Bertz CT molecular complexity index is 669. The van der Waals surface area contributed by atoms with Crippen LogP contribution in [0.15, 0.2) is 54.6 Å². The van der Waals surface area contributed by atoms with E-state index >= 15 is 0 Å². The number of β-lactam (4-membered cyclic amide) rings is 1. The number of ether oxygens (including phenoxy) is 2. The molecule has 1 aliphatic heterocycles. The number of benzene rings is 2. The van der Waals surface area contributed by atoms with Crippen LogP contribution in [0.4, 0.5) is 5.69 Å². The molecule has 2 aromatic rings. The molecule has 126 valence electrons. The molecule has 0 spiro atoms. The van der Waals surface area contributed by atoms with E-state index in [1.54, 1.807) is 7.11 Å². The molecule has 0 aliphatic carbocycles. The minimum Gasteiger partial charge on any atom is -0.497 e. The summed E-state index contributed by atoms with van der Waals surface area (Å²) in [7, 11) is 1.64. The van der Waals surface area contributed by atoms with Gasteiger partial charge in [0.1, 0.15) is 5.75 Å². The summed E-state index contributed by atoms with van der Waals surface area (Å²) in [5, 5.41) is 0. The van der Waals surface area contributed by atoms with Crippen LogP contribution in [-0.2, 0) is 16.1 Å². The number of carbonyl (C=O) groups is 1. The van der Waals surface area contributed by atoms with E-state index in [1.807, 2.05) is 47.4 Å². The van der Waals surface area contributed by atoms with E-state index in [9.17, 15) is 4.79 Å². The Hall–Kier alpha value is -2.33. The maximum absolute atomic E-state index is 12.0. The molecule has 2 atom stereocenters. The van der Waals surface area contributed by atoms with Gasteiger partial charge < -0.3 is 14.4 Å². The van der Waals surface area contributed by atoms with Crippen molar-refractivity contribution in [2.75, 3.05) is 18.6 Å². The minimum absolute atomic E-state index is 0.167. The Morgan fingerprint density at radius 2 is 1.83 bits per heavy atom. The van der Waals surface area contributed by atoms with Crippen LogP contribution in [0.1, 0.15) is 18.9 Å². The Balaban J connectivity index is 1.56. The molecule has 1 amide bonds. The maximum Gasteiger partial charge on any atom is 0.229 e. The molecule has 1 fully saturated rings. The van der Waals surface area contributed by atoms with Crippen LogP contribution in [0.25, 0.3) is 0 Å². The molecule has 1 aliphatic rings. The third-order valence-electron chi connectivity index (χ3n) is 4.48. The molecule has 1 heterocycles. The number of carbonyl (C=O) groups excluding carboxylic acids is 1. The van der Waals surface area contributed by atoms with Crippen molar-refractivity contribution < 1.29 is 14.3 Å². The van der Waals surface area contributed by atoms with E-state index in [4.69, 9.17) is 9.47 Å². The lowest BCUT2D eigenvalue weighted by molar-refractivity contribution is -0.125. The monoisotopic (exact) mass is 325 g/mol. The predicted molar refractivity (Wildman–Crippen MR) is 94.1 cm³/mol. The van der Waals surface area contributed by atoms with Gasteiger partial charge in [0.15, 0.2) is 0 Å². The molecule has 0 radical (unpaired) electrons. The SMILES string of the molecule is COc1ccc(N2C(=O)C[C@H]2[C@@H](C)COCc2ccccc2)cc1. The van der Waals surface area contributed by atoms with Gasteiger partial charge in [-0.2, -0.15) is 0 Å². The van der Waals surface area contributed by atoms with Crippen molar-refractivity contribution in [1.29, 1.82) is 0 Å². The second-order valence-electron chi connectivity index (χ2n) is 6.21. The molecule has 1 saturated heterocycles. The average molecular weight is 325 g/mol. The molecule has 0 N–H and O–H groups in total. The van der Waals surface area contributed by atoms with Crippen LogP contribution < -0.4 is 9.64 Å². The zero-order valence-corrected chi connectivity index (χ0v) is 14.1. The summed E-state index contributed by atoms with van der Waals surface area (Å²) in [6.45, 7) is 3.38. The van der Waals surface area contributed by atoms with E-state index in [0.29, 0.717) is 19.6 Å². The van der Waals surface area contributed by atoms with Crippen molar-refractivity contribution in [1.82, 2.24) is 0 Å². The van der Waals surface area contributed by atoms with Crippen molar-refractivity contribution in [3.63, 3.8) is 0 Å². The van der Waals surface area contributed by atoms with E-state index in [2.05, 4.69) is 19.1 Å². The average Bonchev–Trinajstić information content (AvgIpc) is 2.61. The summed E-state index contributed by atoms with van der Waals surface area (Å²) in [6, 6.07) is 18.0. The highest BCUT2D eigenvalue weighted by Crippen LogP contribution is 2.33. The summed E-state index contributed by atoms with van der Waals surface area (Å²) in [4.78, 5) is 13.9. The Kier molecular flexibility index (Phi) is 5.16. The van der Waals surface area contributed by atoms with Gasteiger partial charge in [0.05, 0.1) is 26.4 Å². The van der Waals surface area contributed by atoms with Gasteiger partial charge in [-0.05, 0) is 29.8 Å². The summed E-state index contributed by atoms with van der Waals surface area (Å²) in [5.74, 6) is 1.25. The summed E-state index contributed by atoms with van der Waals surface area (Å²) in [6.07, 6.45) is 0.585. The fraction of sp³-hybridized carbons (Fsp3) is 0.350. The third-order valence-corrected chi connectivity index (χ3v) is 4.48. The van der Waals surface area contributed by atoms with E-state index in [0.717, 1.165) is 11.4 Å². The first-order valence-corrected chi connectivity index (χ1v) is 8.27. The second kappa shape index (κ2) is 7.49. The second-order valence-corrected chi connectivity index (χ2v) is 6.21. The minimum atomic E-state index is 0.167. The standard InChI is InChI=1S/C20H23NO3/c1-15(13-24-14-16-6-4-3-5-7-16)19-12-20(22)21(19)17-8-10-18(23-2)11-9-17/h3-11,15,19H,12-14H2,1-2H3/t15-,19-/m0/s1. The van der Waals surface area contributed by atoms with Crippen LogP contribution in [0.3, 0.4) is 0 Å². The molecular formula is C20H23NO3. The molecule has 0 aromatic heterocycles. The topological polar surface area (TPSA) is 38.8 Å². The van der Waals surface area contributed by atoms with E-state index in [-0.39, 0.29) is 17.9 Å². The van der Waals surface area contributed by atoms with Crippen molar-refractivity contribution >= 4 is 11.6 Å². The first-order chi connectivity index (χ1) is 11.7. The number of hydrogen-bond donors (Lipinski definition) is 0. The lowest BCUT2D eigenvalue weighted by Gasteiger charge is -2.43. The summed E-state index contributed by atoms with van der Waals surface area (Å²) in [5.41, 5.74) is 2.09. The fourth-order valence-corrected chi connectivity index (χ4v) is 3.02. The van der Waals surface area contributed by atoms with Crippen molar-refractivity contribution in [3.05, 3.63) is 60.2 Å². The van der Waals surface area contributed by atoms with Crippen LogP contribution >= 0.6 is 0 Å². The molecule has 0 unspecified atom stereocenters. The van der Waals surface area contributed by atoms with Crippen molar-refractivity contribution in [3.8, 4) is 5.75 Å². The van der Waals surface area contributed by atoms with E-state index < -0.39 is 0 Å².